The molecule has 0 bridgehead atoms. The third-order valence-electron chi connectivity index (χ3n) is 4.34. The van der Waals surface area contributed by atoms with Crippen LogP contribution in [0.4, 0.5) is 8.78 Å². The zero-order chi connectivity index (χ0) is 18.0. The summed E-state index contributed by atoms with van der Waals surface area (Å²) in [5.41, 5.74) is 7.61. The van der Waals surface area contributed by atoms with Gasteiger partial charge < -0.3 is 15.4 Å². The fourth-order valence-corrected chi connectivity index (χ4v) is 3.10. The van der Waals surface area contributed by atoms with E-state index < -0.39 is 12.2 Å². The van der Waals surface area contributed by atoms with E-state index in [1.165, 1.54) is 12.1 Å². The number of benzene rings is 2. The molecule has 0 spiro atoms. The number of rotatable bonds is 5. The van der Waals surface area contributed by atoms with Crippen molar-refractivity contribution < 1.29 is 13.5 Å². The first kappa shape index (κ1) is 17.0. The second-order valence-electron chi connectivity index (χ2n) is 5.89. The van der Waals surface area contributed by atoms with E-state index in [0.29, 0.717) is 18.1 Å². The molecule has 130 valence electrons. The number of halogens is 2. The van der Waals surface area contributed by atoms with Gasteiger partial charge in [-0.05, 0) is 23.3 Å². The summed E-state index contributed by atoms with van der Waals surface area (Å²) in [6, 6.07) is 14.8. The molecular weight excluding hydrogens is 324 g/mol. The number of alkyl halides is 2. The summed E-state index contributed by atoms with van der Waals surface area (Å²) < 4.78 is 29.7. The highest BCUT2D eigenvalue weighted by Crippen LogP contribution is 2.39. The van der Waals surface area contributed by atoms with Crippen LogP contribution >= 0.6 is 0 Å². The van der Waals surface area contributed by atoms with Gasteiger partial charge in [0.25, 0.3) is 0 Å². The number of guanidine groups is 1. The second kappa shape index (κ2) is 6.55. The molecule has 6 heteroatoms. The molecule has 0 amide bonds. The average molecular weight is 343 g/mol. The first-order chi connectivity index (χ1) is 12.0. The van der Waals surface area contributed by atoms with Crippen LogP contribution in [0.2, 0.25) is 0 Å². The number of nitrogens with zero attached hydrogens (tertiary/aromatic N) is 2. The smallest absolute Gasteiger partial charge is 0.387 e. The van der Waals surface area contributed by atoms with E-state index in [2.05, 4.69) is 11.3 Å². The molecular formula is C19H19F2N3O. The first-order valence-electron chi connectivity index (χ1n) is 7.80. The fraction of sp³-hybridized carbons (Fsp3) is 0.211. The van der Waals surface area contributed by atoms with E-state index in [4.69, 9.17) is 10.7 Å². The van der Waals surface area contributed by atoms with Gasteiger partial charge in [0.1, 0.15) is 11.3 Å². The van der Waals surface area contributed by atoms with Crippen molar-refractivity contribution in [1.29, 1.82) is 0 Å². The zero-order valence-corrected chi connectivity index (χ0v) is 13.8. The van der Waals surface area contributed by atoms with Crippen molar-refractivity contribution in [3.8, 4) is 5.75 Å². The van der Waals surface area contributed by atoms with Gasteiger partial charge in [-0.2, -0.15) is 8.78 Å². The van der Waals surface area contributed by atoms with Crippen LogP contribution in [0.25, 0.3) is 6.08 Å². The van der Waals surface area contributed by atoms with E-state index in [1.807, 2.05) is 42.3 Å². The molecule has 1 heterocycles. The lowest BCUT2D eigenvalue weighted by Gasteiger charge is -2.28. The van der Waals surface area contributed by atoms with Gasteiger partial charge in [0, 0.05) is 12.6 Å². The predicted octanol–water partition coefficient (Wildman–Crippen LogP) is 3.43. The molecule has 25 heavy (non-hydrogen) atoms. The fourth-order valence-electron chi connectivity index (χ4n) is 3.10. The van der Waals surface area contributed by atoms with Gasteiger partial charge in [-0.25, -0.2) is 4.99 Å². The summed E-state index contributed by atoms with van der Waals surface area (Å²) in [7, 11) is 1.87. The van der Waals surface area contributed by atoms with Crippen LogP contribution in [0.3, 0.4) is 0 Å². The van der Waals surface area contributed by atoms with Gasteiger partial charge in [-0.3, -0.25) is 0 Å². The molecule has 0 aromatic heterocycles. The van der Waals surface area contributed by atoms with Crippen molar-refractivity contribution in [2.24, 2.45) is 10.7 Å². The van der Waals surface area contributed by atoms with Crippen LogP contribution in [0, 0.1) is 0 Å². The van der Waals surface area contributed by atoms with Gasteiger partial charge >= 0.3 is 6.61 Å². The van der Waals surface area contributed by atoms with Gasteiger partial charge in [0.15, 0.2) is 5.96 Å². The average Bonchev–Trinajstić information content (AvgIpc) is 2.91. The summed E-state index contributed by atoms with van der Waals surface area (Å²) in [5.74, 6) is 0.511. The number of hydrogen-bond donors (Lipinski definition) is 1. The molecule has 1 aliphatic heterocycles. The third kappa shape index (κ3) is 3.07. The van der Waals surface area contributed by atoms with E-state index in [0.717, 1.165) is 11.1 Å². The molecule has 0 saturated carbocycles. The highest BCUT2D eigenvalue weighted by Gasteiger charge is 2.41. The second-order valence-corrected chi connectivity index (χ2v) is 5.89. The highest BCUT2D eigenvalue weighted by molar-refractivity contribution is 5.81. The number of ether oxygens (including phenoxy) is 1. The van der Waals surface area contributed by atoms with Gasteiger partial charge in [-0.1, -0.05) is 49.1 Å². The molecule has 2 N–H and O–H groups in total. The number of nitrogens with two attached hydrogens (primary N) is 1. The summed E-state index contributed by atoms with van der Waals surface area (Å²) in [4.78, 5) is 6.57. The van der Waals surface area contributed by atoms with Gasteiger partial charge in [0.2, 0.25) is 0 Å². The van der Waals surface area contributed by atoms with Gasteiger partial charge in [0.05, 0.1) is 6.54 Å². The molecule has 0 fully saturated rings. The molecule has 1 aliphatic rings. The lowest BCUT2D eigenvalue weighted by Crippen LogP contribution is -2.34. The summed E-state index contributed by atoms with van der Waals surface area (Å²) in [5, 5.41) is 0. The maximum atomic E-state index is 12.6. The molecule has 2 aromatic rings. The van der Waals surface area contributed by atoms with Crippen molar-refractivity contribution in [3.63, 3.8) is 0 Å². The maximum Gasteiger partial charge on any atom is 0.387 e. The van der Waals surface area contributed by atoms with E-state index in [1.54, 1.807) is 12.1 Å². The third-order valence-corrected chi connectivity index (χ3v) is 4.34. The Labute approximate surface area is 145 Å². The van der Waals surface area contributed by atoms with Crippen molar-refractivity contribution in [1.82, 2.24) is 4.90 Å². The van der Waals surface area contributed by atoms with Crippen LogP contribution in [0.1, 0.15) is 16.7 Å². The Morgan fingerprint density at radius 1 is 1.24 bits per heavy atom. The normalized spacial score (nSPS) is 19.8. The Morgan fingerprint density at radius 3 is 2.52 bits per heavy atom. The number of hydrogen-bond acceptors (Lipinski definition) is 4. The Hall–Kier alpha value is -2.89. The quantitative estimate of drug-likeness (QED) is 0.905. The predicted molar refractivity (Wildman–Crippen MR) is 94.6 cm³/mol. The Kier molecular flexibility index (Phi) is 4.44. The standard InChI is InChI=1S/C19H19F2N3O/c1-3-13-11-15(9-10-16(13)25-17(20)21)19(12-24(2)18(22)23-19)14-7-5-4-6-8-14/h3-11,17H,1,12H2,2H3,(H2,22,23)/t19-/m1/s1. The minimum absolute atomic E-state index is 0.0836. The minimum Gasteiger partial charge on any atom is -0.434 e. The van der Waals surface area contributed by atoms with Crippen LogP contribution in [-0.4, -0.2) is 31.1 Å². The van der Waals surface area contributed by atoms with Crippen LogP contribution < -0.4 is 10.5 Å². The van der Waals surface area contributed by atoms with E-state index in [-0.39, 0.29) is 5.75 Å². The summed E-state index contributed by atoms with van der Waals surface area (Å²) >= 11 is 0. The zero-order valence-electron chi connectivity index (χ0n) is 13.8. The lowest BCUT2D eigenvalue weighted by molar-refractivity contribution is -0.0500. The Bertz CT molecular complexity index is 808. The summed E-state index contributed by atoms with van der Waals surface area (Å²) in [6.07, 6.45) is 1.49. The molecule has 3 rings (SSSR count). The summed E-state index contributed by atoms with van der Waals surface area (Å²) in [6.45, 7) is 1.36. The van der Waals surface area contributed by atoms with E-state index in [9.17, 15) is 8.78 Å². The molecule has 2 aromatic carbocycles. The van der Waals surface area contributed by atoms with Crippen molar-refractivity contribution in [3.05, 3.63) is 71.8 Å². The molecule has 0 unspecified atom stereocenters. The van der Waals surface area contributed by atoms with E-state index >= 15 is 0 Å². The Balaban J connectivity index is 2.14. The number of aliphatic imine (C=N–C) groups is 1. The monoisotopic (exact) mass is 343 g/mol. The van der Waals surface area contributed by atoms with Crippen LogP contribution in [0.5, 0.6) is 5.75 Å². The molecule has 1 atom stereocenters. The maximum absolute atomic E-state index is 12.6. The Morgan fingerprint density at radius 2 is 1.96 bits per heavy atom. The lowest BCUT2D eigenvalue weighted by atomic mass is 9.83. The van der Waals surface area contributed by atoms with Crippen molar-refractivity contribution in [2.75, 3.05) is 13.6 Å². The highest BCUT2D eigenvalue weighted by atomic mass is 19.3. The molecule has 0 saturated heterocycles. The molecule has 0 aliphatic carbocycles. The number of likely N-dealkylation sites (N-methyl/N-ethyl adjacent to an activating group) is 1. The molecule has 0 radical (unpaired) electrons. The van der Waals surface area contributed by atoms with Crippen LogP contribution in [-0.2, 0) is 5.54 Å². The SMILES string of the molecule is C=Cc1cc([C@]2(c3ccccc3)CN(C)C(N)=N2)ccc1OC(F)F. The van der Waals surface area contributed by atoms with Crippen LogP contribution in [0.15, 0.2) is 60.1 Å². The topological polar surface area (TPSA) is 50.8 Å². The van der Waals surface area contributed by atoms with Crippen molar-refractivity contribution in [2.45, 2.75) is 12.2 Å². The van der Waals surface area contributed by atoms with Crippen molar-refractivity contribution >= 4 is 12.0 Å². The molecule has 4 nitrogen and oxygen atoms in total. The van der Waals surface area contributed by atoms with Gasteiger partial charge in [-0.15, -0.1) is 0 Å². The largest absolute Gasteiger partial charge is 0.434 e. The minimum atomic E-state index is -2.89. The first-order valence-corrected chi connectivity index (χ1v) is 7.80.